The van der Waals surface area contributed by atoms with Crippen molar-refractivity contribution in [1.82, 2.24) is 4.90 Å². The van der Waals surface area contributed by atoms with Crippen molar-refractivity contribution in [3.63, 3.8) is 0 Å². The first-order valence-corrected chi connectivity index (χ1v) is 5.24. The molecular weight excluding hydrogens is 229 g/mol. The lowest BCUT2D eigenvalue weighted by molar-refractivity contribution is -0.179. The average Bonchev–Trinajstić information content (AvgIpc) is 2.15. The highest BCUT2D eigenvalue weighted by Gasteiger charge is 2.42. The molecule has 0 heterocycles. The van der Waals surface area contributed by atoms with Crippen molar-refractivity contribution >= 4 is 5.69 Å². The predicted octanol–water partition coefficient (Wildman–Crippen LogP) is 2.92. The minimum atomic E-state index is -4.26. The van der Waals surface area contributed by atoms with Gasteiger partial charge in [-0.25, -0.2) is 0 Å². The minimum absolute atomic E-state index is 0.258. The van der Waals surface area contributed by atoms with Crippen LogP contribution in [0.15, 0.2) is 24.3 Å². The van der Waals surface area contributed by atoms with E-state index in [0.717, 1.165) is 5.69 Å². The van der Waals surface area contributed by atoms with Crippen LogP contribution in [0.5, 0.6) is 0 Å². The van der Waals surface area contributed by atoms with E-state index in [4.69, 9.17) is 0 Å². The van der Waals surface area contributed by atoms with E-state index in [0.29, 0.717) is 0 Å². The van der Waals surface area contributed by atoms with Crippen LogP contribution in [0, 0.1) is 0 Å². The Morgan fingerprint density at radius 2 is 1.41 bits per heavy atom. The van der Waals surface area contributed by atoms with Crippen molar-refractivity contribution < 1.29 is 13.2 Å². The molecule has 17 heavy (non-hydrogen) atoms. The lowest BCUT2D eigenvalue weighted by atomic mass is 10.1. The summed E-state index contributed by atoms with van der Waals surface area (Å²) in [6.07, 6.45) is -4.26. The second-order valence-electron chi connectivity index (χ2n) is 4.39. The molecule has 0 aliphatic rings. The number of benzene rings is 1. The lowest BCUT2D eigenvalue weighted by Gasteiger charge is -2.27. The molecule has 1 aromatic carbocycles. The molecular formula is C12H17F3N2. The van der Waals surface area contributed by atoms with Gasteiger partial charge in [-0.3, -0.25) is 4.90 Å². The fourth-order valence-corrected chi connectivity index (χ4v) is 1.73. The number of nitrogens with zero attached hydrogens (tertiary/aromatic N) is 2. The molecule has 0 spiro atoms. The largest absolute Gasteiger partial charge is 0.408 e. The van der Waals surface area contributed by atoms with Gasteiger partial charge in [0, 0.05) is 19.8 Å². The Bertz CT molecular complexity index is 355. The zero-order valence-corrected chi connectivity index (χ0v) is 10.4. The zero-order valence-electron chi connectivity index (χ0n) is 10.4. The summed E-state index contributed by atoms with van der Waals surface area (Å²) in [4.78, 5) is 3.02. The van der Waals surface area contributed by atoms with Crippen LogP contribution >= 0.6 is 0 Å². The minimum Gasteiger partial charge on any atom is -0.378 e. The molecule has 0 bridgehead atoms. The molecule has 0 saturated carbocycles. The molecule has 5 heteroatoms. The van der Waals surface area contributed by atoms with Crippen LogP contribution in [0.1, 0.15) is 11.6 Å². The second-order valence-corrected chi connectivity index (χ2v) is 4.39. The fraction of sp³-hybridized carbons (Fsp3) is 0.500. The molecule has 0 fully saturated rings. The molecule has 1 unspecified atom stereocenters. The number of anilines is 1. The number of halogens is 3. The number of alkyl halides is 3. The molecule has 96 valence electrons. The predicted molar refractivity (Wildman–Crippen MR) is 63.3 cm³/mol. The van der Waals surface area contributed by atoms with Crippen LogP contribution in [0.4, 0.5) is 18.9 Å². The van der Waals surface area contributed by atoms with Crippen molar-refractivity contribution in [2.75, 3.05) is 33.1 Å². The monoisotopic (exact) mass is 246 g/mol. The summed E-state index contributed by atoms with van der Waals surface area (Å²) in [5, 5.41) is 0. The van der Waals surface area contributed by atoms with E-state index in [-0.39, 0.29) is 5.56 Å². The molecule has 0 aliphatic heterocycles. The van der Waals surface area contributed by atoms with E-state index in [2.05, 4.69) is 0 Å². The summed E-state index contributed by atoms with van der Waals surface area (Å²) >= 11 is 0. The van der Waals surface area contributed by atoms with E-state index in [1.807, 2.05) is 19.0 Å². The summed E-state index contributed by atoms with van der Waals surface area (Å²) in [6, 6.07) is 4.87. The van der Waals surface area contributed by atoms with Crippen LogP contribution in [-0.2, 0) is 0 Å². The van der Waals surface area contributed by atoms with Crippen LogP contribution < -0.4 is 4.90 Å². The molecule has 0 aromatic heterocycles. The van der Waals surface area contributed by atoms with Gasteiger partial charge < -0.3 is 4.90 Å². The van der Waals surface area contributed by atoms with Crippen molar-refractivity contribution in [3.8, 4) is 0 Å². The molecule has 0 radical (unpaired) electrons. The maximum atomic E-state index is 12.9. The van der Waals surface area contributed by atoms with Gasteiger partial charge >= 0.3 is 6.18 Å². The van der Waals surface area contributed by atoms with Crippen LogP contribution in [-0.4, -0.2) is 39.3 Å². The third-order valence-electron chi connectivity index (χ3n) is 2.55. The molecule has 0 saturated heterocycles. The van der Waals surface area contributed by atoms with Gasteiger partial charge in [0.25, 0.3) is 0 Å². The third-order valence-corrected chi connectivity index (χ3v) is 2.55. The molecule has 0 amide bonds. The Morgan fingerprint density at radius 3 is 1.71 bits per heavy atom. The molecule has 1 rings (SSSR count). The number of rotatable bonds is 3. The van der Waals surface area contributed by atoms with Gasteiger partial charge in [-0.2, -0.15) is 13.2 Å². The Morgan fingerprint density at radius 1 is 0.941 bits per heavy atom. The van der Waals surface area contributed by atoms with Crippen LogP contribution in [0.25, 0.3) is 0 Å². The van der Waals surface area contributed by atoms with Gasteiger partial charge in [0.2, 0.25) is 0 Å². The maximum Gasteiger partial charge on any atom is 0.408 e. The average molecular weight is 246 g/mol. The van der Waals surface area contributed by atoms with Gasteiger partial charge in [0.1, 0.15) is 6.04 Å². The molecule has 1 atom stereocenters. The standard InChI is InChI=1S/C12H17F3N2/c1-16(2)10-7-5-9(6-8-10)11(17(3)4)12(13,14)15/h5-8,11H,1-4H3. The maximum absolute atomic E-state index is 12.9. The Hall–Kier alpha value is -1.23. The topological polar surface area (TPSA) is 6.48 Å². The summed E-state index contributed by atoms with van der Waals surface area (Å²) in [5.41, 5.74) is 1.14. The van der Waals surface area contributed by atoms with E-state index < -0.39 is 12.2 Å². The normalized spacial score (nSPS) is 13.9. The molecule has 0 N–H and O–H groups in total. The lowest BCUT2D eigenvalue weighted by Crippen LogP contribution is -2.33. The van der Waals surface area contributed by atoms with E-state index in [9.17, 15) is 13.2 Å². The van der Waals surface area contributed by atoms with Gasteiger partial charge in [0.05, 0.1) is 0 Å². The Kier molecular flexibility index (Phi) is 4.03. The van der Waals surface area contributed by atoms with E-state index in [1.54, 1.807) is 12.1 Å². The summed E-state index contributed by atoms with van der Waals surface area (Å²) in [6.45, 7) is 0. The molecule has 1 aromatic rings. The Balaban J connectivity index is 3.05. The Labute approximate surface area is 99.6 Å². The summed E-state index contributed by atoms with van der Waals surface area (Å²) in [7, 11) is 6.56. The van der Waals surface area contributed by atoms with Crippen molar-refractivity contribution in [2.45, 2.75) is 12.2 Å². The second kappa shape index (κ2) is 4.96. The smallest absolute Gasteiger partial charge is 0.378 e. The molecule has 0 aliphatic carbocycles. The van der Waals surface area contributed by atoms with Gasteiger partial charge in [-0.1, -0.05) is 12.1 Å². The van der Waals surface area contributed by atoms with Gasteiger partial charge in [0.15, 0.2) is 0 Å². The first-order valence-electron chi connectivity index (χ1n) is 5.24. The zero-order chi connectivity index (χ0) is 13.2. The van der Waals surface area contributed by atoms with Gasteiger partial charge in [-0.15, -0.1) is 0 Å². The summed E-state index contributed by atoms with van der Waals surface area (Å²) in [5.74, 6) is 0. The van der Waals surface area contributed by atoms with Crippen LogP contribution in [0.3, 0.4) is 0 Å². The van der Waals surface area contributed by atoms with E-state index in [1.165, 1.54) is 31.1 Å². The first kappa shape index (κ1) is 13.8. The number of hydrogen-bond donors (Lipinski definition) is 0. The molecule has 2 nitrogen and oxygen atoms in total. The van der Waals surface area contributed by atoms with Crippen molar-refractivity contribution in [3.05, 3.63) is 29.8 Å². The highest BCUT2D eigenvalue weighted by Crippen LogP contribution is 2.36. The number of hydrogen-bond acceptors (Lipinski definition) is 2. The first-order chi connectivity index (χ1) is 7.73. The summed E-state index contributed by atoms with van der Waals surface area (Å²) < 4.78 is 38.6. The fourth-order valence-electron chi connectivity index (χ4n) is 1.73. The van der Waals surface area contributed by atoms with Crippen molar-refractivity contribution in [1.29, 1.82) is 0 Å². The highest BCUT2D eigenvalue weighted by molar-refractivity contribution is 5.46. The highest BCUT2D eigenvalue weighted by atomic mass is 19.4. The quantitative estimate of drug-likeness (QED) is 0.809. The van der Waals surface area contributed by atoms with Crippen molar-refractivity contribution in [2.24, 2.45) is 0 Å². The SMILES string of the molecule is CN(C)c1ccc(C(N(C)C)C(F)(F)F)cc1. The third kappa shape index (κ3) is 3.36. The van der Waals surface area contributed by atoms with Crippen LogP contribution in [0.2, 0.25) is 0 Å². The van der Waals surface area contributed by atoms with E-state index >= 15 is 0 Å². The van der Waals surface area contributed by atoms with Gasteiger partial charge in [-0.05, 0) is 31.8 Å².